The van der Waals surface area contributed by atoms with E-state index in [9.17, 15) is 0 Å². The van der Waals surface area contributed by atoms with Gasteiger partial charge in [0.1, 0.15) is 5.82 Å². The summed E-state index contributed by atoms with van der Waals surface area (Å²) in [7, 11) is 0. The number of benzene rings is 1. The number of nitrogens with one attached hydrogen (secondary N) is 2. The Bertz CT molecular complexity index is 1070. The average Bonchev–Trinajstić information content (AvgIpc) is 3.37. The van der Waals surface area contributed by atoms with Gasteiger partial charge >= 0.3 is 0 Å². The third-order valence-corrected chi connectivity index (χ3v) is 5.22. The molecule has 5 rings (SSSR count). The van der Waals surface area contributed by atoms with Crippen LogP contribution in [0.3, 0.4) is 0 Å². The molecule has 3 aromatic heterocycles. The van der Waals surface area contributed by atoms with Gasteiger partial charge in [0.2, 0.25) is 5.95 Å². The number of aromatic nitrogens is 6. The third kappa shape index (κ3) is 3.87. The molecule has 8 nitrogen and oxygen atoms in total. The molecule has 0 bridgehead atoms. The van der Waals surface area contributed by atoms with E-state index in [-0.39, 0.29) is 0 Å². The summed E-state index contributed by atoms with van der Waals surface area (Å²) in [6, 6.07) is 12.8. The maximum atomic E-state index is 4.60. The minimum Gasteiger partial charge on any atom is -0.367 e. The monoisotopic (exact) mass is 386 g/mol. The lowest BCUT2D eigenvalue weighted by Gasteiger charge is -2.15. The highest BCUT2D eigenvalue weighted by atomic mass is 15.3. The maximum absolute atomic E-state index is 4.60. The Balaban J connectivity index is 1.20. The highest BCUT2D eigenvalue weighted by Crippen LogP contribution is 2.25. The first kappa shape index (κ1) is 17.5. The predicted octanol–water partition coefficient (Wildman–Crippen LogP) is 3.36. The molecule has 2 N–H and O–H groups in total. The van der Waals surface area contributed by atoms with E-state index in [0.29, 0.717) is 18.0 Å². The van der Waals surface area contributed by atoms with Crippen LogP contribution < -0.4 is 10.6 Å². The normalized spacial score (nSPS) is 18.8. The first-order valence-corrected chi connectivity index (χ1v) is 9.83. The largest absolute Gasteiger partial charge is 0.367 e. The van der Waals surface area contributed by atoms with Gasteiger partial charge in [-0.05, 0) is 44.4 Å². The Morgan fingerprint density at radius 1 is 0.931 bits per heavy atom. The molecule has 1 aliphatic rings. The Morgan fingerprint density at radius 2 is 1.79 bits per heavy atom. The summed E-state index contributed by atoms with van der Waals surface area (Å²) in [4.78, 5) is 8.86. The Morgan fingerprint density at radius 3 is 2.55 bits per heavy atom. The summed E-state index contributed by atoms with van der Waals surface area (Å²) >= 11 is 0. The van der Waals surface area contributed by atoms with E-state index in [2.05, 4.69) is 42.0 Å². The van der Waals surface area contributed by atoms with E-state index in [0.717, 1.165) is 47.4 Å². The molecule has 1 saturated carbocycles. The number of hydrogen-bond donors (Lipinski definition) is 2. The van der Waals surface area contributed by atoms with E-state index in [1.807, 2.05) is 54.3 Å². The molecule has 146 valence electrons. The topological polar surface area (TPSA) is 93.4 Å². The smallest absolute Gasteiger partial charge is 0.242 e. The van der Waals surface area contributed by atoms with Crippen molar-refractivity contribution >= 4 is 22.7 Å². The van der Waals surface area contributed by atoms with Crippen molar-refractivity contribution in [2.75, 3.05) is 10.6 Å². The SMILES string of the molecule is Cc1cnc(N[C@H]2CC[C@H](Nc3ccc(-n4cc5ccccc5n4)cn3)C2)nn1. The molecule has 0 unspecified atom stereocenters. The molecule has 0 spiro atoms. The summed E-state index contributed by atoms with van der Waals surface area (Å²) < 4.78 is 1.87. The lowest BCUT2D eigenvalue weighted by molar-refractivity contribution is 0.712. The van der Waals surface area contributed by atoms with Crippen molar-refractivity contribution in [1.29, 1.82) is 0 Å². The summed E-state index contributed by atoms with van der Waals surface area (Å²) in [6.07, 6.45) is 8.73. The highest BCUT2D eigenvalue weighted by Gasteiger charge is 2.25. The second-order valence-electron chi connectivity index (χ2n) is 7.45. The second kappa shape index (κ2) is 7.46. The molecule has 0 aliphatic heterocycles. The molecular formula is C21H22N8. The van der Waals surface area contributed by atoms with Crippen LogP contribution in [0.1, 0.15) is 25.0 Å². The summed E-state index contributed by atoms with van der Waals surface area (Å²) in [5.74, 6) is 1.47. The molecule has 1 fully saturated rings. The summed E-state index contributed by atoms with van der Waals surface area (Å²) in [6.45, 7) is 1.88. The van der Waals surface area contributed by atoms with E-state index < -0.39 is 0 Å². The molecule has 3 heterocycles. The number of pyridine rings is 1. The van der Waals surface area contributed by atoms with E-state index >= 15 is 0 Å². The maximum Gasteiger partial charge on any atom is 0.242 e. The minimum atomic E-state index is 0.341. The van der Waals surface area contributed by atoms with Crippen molar-refractivity contribution in [3.8, 4) is 5.69 Å². The third-order valence-electron chi connectivity index (χ3n) is 5.22. The first-order valence-electron chi connectivity index (χ1n) is 9.83. The molecule has 0 amide bonds. The van der Waals surface area contributed by atoms with Crippen LogP contribution in [0.5, 0.6) is 0 Å². The minimum absolute atomic E-state index is 0.341. The fraction of sp³-hybridized carbons (Fsp3) is 0.286. The van der Waals surface area contributed by atoms with Crippen molar-refractivity contribution < 1.29 is 0 Å². The number of fused-ring (bicyclic) bond motifs is 1. The van der Waals surface area contributed by atoms with Gasteiger partial charge < -0.3 is 10.6 Å². The van der Waals surface area contributed by atoms with Gasteiger partial charge in [-0.1, -0.05) is 18.2 Å². The molecule has 1 aliphatic carbocycles. The Labute approximate surface area is 168 Å². The molecule has 4 aromatic rings. The molecular weight excluding hydrogens is 364 g/mol. The van der Waals surface area contributed by atoms with E-state index in [1.54, 1.807) is 6.20 Å². The second-order valence-corrected chi connectivity index (χ2v) is 7.45. The number of hydrogen-bond acceptors (Lipinski definition) is 7. The Kier molecular flexibility index (Phi) is 4.51. The van der Waals surface area contributed by atoms with Crippen LogP contribution >= 0.6 is 0 Å². The lowest BCUT2D eigenvalue weighted by Crippen LogP contribution is -2.22. The van der Waals surface area contributed by atoms with Crippen LogP contribution in [0.2, 0.25) is 0 Å². The van der Waals surface area contributed by atoms with Gasteiger partial charge in [-0.3, -0.25) is 0 Å². The molecule has 0 radical (unpaired) electrons. The van der Waals surface area contributed by atoms with Crippen LogP contribution in [-0.4, -0.2) is 42.0 Å². The van der Waals surface area contributed by atoms with Crippen LogP contribution in [0, 0.1) is 6.92 Å². The number of nitrogens with zero attached hydrogens (tertiary/aromatic N) is 6. The Hall–Kier alpha value is -3.55. The molecule has 29 heavy (non-hydrogen) atoms. The first-order chi connectivity index (χ1) is 14.2. The quantitative estimate of drug-likeness (QED) is 0.543. The van der Waals surface area contributed by atoms with Gasteiger partial charge in [0.25, 0.3) is 0 Å². The predicted molar refractivity (Wildman–Crippen MR) is 112 cm³/mol. The molecule has 0 saturated heterocycles. The van der Waals surface area contributed by atoms with Crippen molar-refractivity contribution in [3.05, 3.63) is 60.7 Å². The summed E-state index contributed by atoms with van der Waals surface area (Å²) in [5.41, 5.74) is 2.74. The van der Waals surface area contributed by atoms with Gasteiger partial charge in [-0.2, -0.15) is 10.2 Å². The van der Waals surface area contributed by atoms with Crippen molar-refractivity contribution in [1.82, 2.24) is 29.9 Å². The fourth-order valence-corrected chi connectivity index (χ4v) is 3.74. The lowest BCUT2D eigenvalue weighted by atomic mass is 10.2. The zero-order valence-electron chi connectivity index (χ0n) is 16.2. The number of rotatable bonds is 5. The standard InChI is InChI=1S/C21H22N8/c1-14-11-23-21(27-26-14)25-17-7-6-16(10-17)24-20-9-8-18(12-22-20)29-13-15-4-2-3-5-19(15)28-29/h2-5,8-9,11-13,16-17H,6-7,10H2,1H3,(H,22,24)(H,23,25,27)/t16-,17-/m0/s1. The average molecular weight is 386 g/mol. The van der Waals surface area contributed by atoms with Crippen LogP contribution in [0.4, 0.5) is 11.8 Å². The van der Waals surface area contributed by atoms with Gasteiger partial charge in [-0.15, -0.1) is 5.10 Å². The highest BCUT2D eigenvalue weighted by molar-refractivity contribution is 5.78. The van der Waals surface area contributed by atoms with Gasteiger partial charge in [-0.25, -0.2) is 14.6 Å². The molecule has 1 aromatic carbocycles. The van der Waals surface area contributed by atoms with E-state index in [1.165, 1.54) is 0 Å². The number of aryl methyl sites for hydroxylation is 1. The van der Waals surface area contributed by atoms with Gasteiger partial charge in [0, 0.05) is 23.7 Å². The fourth-order valence-electron chi connectivity index (χ4n) is 3.74. The van der Waals surface area contributed by atoms with E-state index in [4.69, 9.17) is 0 Å². The van der Waals surface area contributed by atoms with Crippen molar-refractivity contribution in [3.63, 3.8) is 0 Å². The molecule has 2 atom stereocenters. The van der Waals surface area contributed by atoms with Crippen molar-refractivity contribution in [2.45, 2.75) is 38.3 Å². The van der Waals surface area contributed by atoms with Gasteiger partial charge in [0.05, 0.1) is 29.3 Å². The summed E-state index contributed by atoms with van der Waals surface area (Å²) in [5, 5.41) is 20.8. The van der Waals surface area contributed by atoms with Crippen molar-refractivity contribution in [2.24, 2.45) is 0 Å². The zero-order valence-corrected chi connectivity index (χ0v) is 16.2. The van der Waals surface area contributed by atoms with Gasteiger partial charge in [0.15, 0.2) is 0 Å². The van der Waals surface area contributed by atoms with Crippen LogP contribution in [0.25, 0.3) is 16.6 Å². The van der Waals surface area contributed by atoms with Crippen LogP contribution in [0.15, 0.2) is 55.0 Å². The zero-order chi connectivity index (χ0) is 19.6. The number of anilines is 2. The van der Waals surface area contributed by atoms with Crippen LogP contribution in [-0.2, 0) is 0 Å². The molecule has 8 heteroatoms.